The molecule has 0 aliphatic carbocycles. The lowest BCUT2D eigenvalue weighted by atomic mass is 10.1. The molecular formula is C15H24N2O. The Morgan fingerprint density at radius 3 is 2.72 bits per heavy atom. The average Bonchev–Trinajstić information content (AvgIpc) is 2.91. The van der Waals surface area contributed by atoms with Crippen LogP contribution in [-0.2, 0) is 17.8 Å². The van der Waals surface area contributed by atoms with Crippen LogP contribution in [0.25, 0.3) is 0 Å². The van der Waals surface area contributed by atoms with Crippen molar-refractivity contribution in [3.8, 4) is 0 Å². The number of hydrogen-bond donors (Lipinski definition) is 1. The monoisotopic (exact) mass is 248 g/mol. The van der Waals surface area contributed by atoms with E-state index >= 15 is 0 Å². The second kappa shape index (κ2) is 6.88. The van der Waals surface area contributed by atoms with Crippen molar-refractivity contribution in [3.63, 3.8) is 0 Å². The SMILES string of the molecule is CCN(Cc1ccccc1CN)CC1CCCO1. The van der Waals surface area contributed by atoms with Gasteiger partial charge in [0.25, 0.3) is 0 Å². The number of benzene rings is 1. The lowest BCUT2D eigenvalue weighted by Gasteiger charge is -2.24. The Bertz CT molecular complexity index is 361. The summed E-state index contributed by atoms with van der Waals surface area (Å²) >= 11 is 0. The van der Waals surface area contributed by atoms with Gasteiger partial charge >= 0.3 is 0 Å². The second-order valence-corrected chi connectivity index (χ2v) is 4.94. The first-order chi connectivity index (χ1) is 8.83. The van der Waals surface area contributed by atoms with Crippen LogP contribution in [0.4, 0.5) is 0 Å². The smallest absolute Gasteiger partial charge is 0.0702 e. The van der Waals surface area contributed by atoms with Crippen LogP contribution < -0.4 is 5.73 Å². The summed E-state index contributed by atoms with van der Waals surface area (Å²) in [4.78, 5) is 2.45. The third-order valence-electron chi connectivity index (χ3n) is 3.67. The molecule has 0 radical (unpaired) electrons. The van der Waals surface area contributed by atoms with E-state index in [0.29, 0.717) is 12.6 Å². The normalized spacial score (nSPS) is 19.6. The standard InChI is InChI=1S/C15H24N2O/c1-2-17(12-15-8-5-9-18-15)11-14-7-4-3-6-13(14)10-16/h3-4,6-7,15H,2,5,8-12,16H2,1H3. The molecule has 1 aromatic carbocycles. The fourth-order valence-electron chi connectivity index (χ4n) is 2.53. The van der Waals surface area contributed by atoms with Gasteiger partial charge in [-0.15, -0.1) is 0 Å². The van der Waals surface area contributed by atoms with E-state index < -0.39 is 0 Å². The van der Waals surface area contributed by atoms with E-state index in [4.69, 9.17) is 10.5 Å². The van der Waals surface area contributed by atoms with Gasteiger partial charge in [0, 0.05) is 26.2 Å². The Kier molecular flexibility index (Phi) is 5.17. The Hall–Kier alpha value is -0.900. The zero-order valence-corrected chi connectivity index (χ0v) is 11.3. The van der Waals surface area contributed by atoms with Crippen LogP contribution in [0.1, 0.15) is 30.9 Å². The molecule has 1 unspecified atom stereocenters. The Morgan fingerprint density at radius 1 is 1.33 bits per heavy atom. The molecule has 0 saturated carbocycles. The molecule has 1 fully saturated rings. The summed E-state index contributed by atoms with van der Waals surface area (Å²) < 4.78 is 5.71. The summed E-state index contributed by atoms with van der Waals surface area (Å²) in [5.41, 5.74) is 8.39. The summed E-state index contributed by atoms with van der Waals surface area (Å²) in [5, 5.41) is 0. The quantitative estimate of drug-likeness (QED) is 0.838. The predicted octanol–water partition coefficient (Wildman–Crippen LogP) is 2.15. The van der Waals surface area contributed by atoms with E-state index in [9.17, 15) is 0 Å². The van der Waals surface area contributed by atoms with Crippen molar-refractivity contribution in [2.75, 3.05) is 19.7 Å². The lowest BCUT2D eigenvalue weighted by molar-refractivity contribution is 0.0724. The van der Waals surface area contributed by atoms with Crippen molar-refractivity contribution in [2.45, 2.75) is 39.0 Å². The van der Waals surface area contributed by atoms with Crippen molar-refractivity contribution < 1.29 is 4.74 Å². The zero-order chi connectivity index (χ0) is 12.8. The summed E-state index contributed by atoms with van der Waals surface area (Å²) in [6.45, 7) is 6.83. The van der Waals surface area contributed by atoms with Crippen LogP contribution in [0.15, 0.2) is 24.3 Å². The van der Waals surface area contributed by atoms with Gasteiger partial charge in [-0.3, -0.25) is 4.90 Å². The first kappa shape index (κ1) is 13.5. The van der Waals surface area contributed by atoms with E-state index in [1.54, 1.807) is 0 Å². The van der Waals surface area contributed by atoms with Crippen molar-refractivity contribution in [3.05, 3.63) is 35.4 Å². The van der Waals surface area contributed by atoms with Gasteiger partial charge in [0.1, 0.15) is 0 Å². The van der Waals surface area contributed by atoms with Crippen LogP contribution in [0.2, 0.25) is 0 Å². The molecule has 0 spiro atoms. The number of nitrogens with two attached hydrogens (primary N) is 1. The third-order valence-corrected chi connectivity index (χ3v) is 3.67. The van der Waals surface area contributed by atoms with Gasteiger partial charge in [0.05, 0.1) is 6.10 Å². The molecule has 3 heteroatoms. The molecule has 0 aromatic heterocycles. The van der Waals surface area contributed by atoms with Crippen LogP contribution >= 0.6 is 0 Å². The molecule has 3 nitrogen and oxygen atoms in total. The van der Waals surface area contributed by atoms with E-state index in [-0.39, 0.29) is 0 Å². The number of hydrogen-bond acceptors (Lipinski definition) is 3. The number of rotatable bonds is 6. The van der Waals surface area contributed by atoms with Gasteiger partial charge in [-0.1, -0.05) is 31.2 Å². The lowest BCUT2D eigenvalue weighted by Crippen LogP contribution is -2.32. The third kappa shape index (κ3) is 3.55. The van der Waals surface area contributed by atoms with Crippen LogP contribution in [0.3, 0.4) is 0 Å². The summed E-state index contributed by atoms with van der Waals surface area (Å²) in [5.74, 6) is 0. The Labute approximate surface area is 110 Å². The highest BCUT2D eigenvalue weighted by Gasteiger charge is 2.18. The maximum absolute atomic E-state index is 5.79. The maximum Gasteiger partial charge on any atom is 0.0702 e. The van der Waals surface area contributed by atoms with Crippen LogP contribution in [-0.4, -0.2) is 30.7 Å². The Morgan fingerprint density at radius 2 is 2.11 bits per heavy atom. The largest absolute Gasteiger partial charge is 0.377 e. The van der Waals surface area contributed by atoms with Gasteiger partial charge in [0.15, 0.2) is 0 Å². The minimum atomic E-state index is 0.426. The first-order valence-corrected chi connectivity index (χ1v) is 6.94. The molecule has 1 atom stereocenters. The van der Waals surface area contributed by atoms with Gasteiger partial charge in [-0.2, -0.15) is 0 Å². The molecule has 1 saturated heterocycles. The van der Waals surface area contributed by atoms with E-state index in [2.05, 4.69) is 36.1 Å². The highest BCUT2D eigenvalue weighted by molar-refractivity contribution is 5.26. The van der Waals surface area contributed by atoms with Gasteiger partial charge in [-0.05, 0) is 30.5 Å². The topological polar surface area (TPSA) is 38.5 Å². The summed E-state index contributed by atoms with van der Waals surface area (Å²) in [6.07, 6.45) is 2.84. The van der Waals surface area contributed by atoms with Gasteiger partial charge < -0.3 is 10.5 Å². The molecule has 100 valence electrons. The molecule has 2 rings (SSSR count). The first-order valence-electron chi connectivity index (χ1n) is 6.94. The van der Waals surface area contributed by atoms with Gasteiger partial charge in [-0.25, -0.2) is 0 Å². The molecule has 18 heavy (non-hydrogen) atoms. The summed E-state index contributed by atoms with van der Waals surface area (Å²) in [7, 11) is 0. The van der Waals surface area contributed by atoms with Crippen molar-refractivity contribution >= 4 is 0 Å². The van der Waals surface area contributed by atoms with E-state index in [0.717, 1.165) is 26.2 Å². The fourth-order valence-corrected chi connectivity index (χ4v) is 2.53. The summed E-state index contributed by atoms with van der Waals surface area (Å²) in [6, 6.07) is 8.45. The van der Waals surface area contributed by atoms with E-state index in [1.165, 1.54) is 24.0 Å². The molecule has 0 bridgehead atoms. The number of likely N-dealkylation sites (N-methyl/N-ethyl adjacent to an activating group) is 1. The molecule has 1 heterocycles. The number of ether oxygens (including phenoxy) is 1. The predicted molar refractivity (Wildman–Crippen MR) is 74.3 cm³/mol. The highest BCUT2D eigenvalue weighted by atomic mass is 16.5. The maximum atomic E-state index is 5.79. The molecular weight excluding hydrogens is 224 g/mol. The Balaban J connectivity index is 1.96. The highest BCUT2D eigenvalue weighted by Crippen LogP contribution is 2.16. The van der Waals surface area contributed by atoms with Crippen molar-refractivity contribution in [1.82, 2.24) is 4.90 Å². The van der Waals surface area contributed by atoms with Crippen LogP contribution in [0.5, 0.6) is 0 Å². The molecule has 2 N–H and O–H groups in total. The fraction of sp³-hybridized carbons (Fsp3) is 0.600. The molecule has 1 aliphatic rings. The van der Waals surface area contributed by atoms with E-state index in [1.807, 2.05) is 0 Å². The minimum Gasteiger partial charge on any atom is -0.377 e. The molecule has 1 aromatic rings. The zero-order valence-electron chi connectivity index (χ0n) is 11.3. The van der Waals surface area contributed by atoms with Crippen molar-refractivity contribution in [1.29, 1.82) is 0 Å². The molecule has 1 aliphatic heterocycles. The average molecular weight is 248 g/mol. The van der Waals surface area contributed by atoms with Crippen molar-refractivity contribution in [2.24, 2.45) is 5.73 Å². The molecule has 0 amide bonds. The number of nitrogens with zero attached hydrogens (tertiary/aromatic N) is 1. The minimum absolute atomic E-state index is 0.426. The second-order valence-electron chi connectivity index (χ2n) is 4.94. The van der Waals surface area contributed by atoms with Crippen LogP contribution in [0, 0.1) is 0 Å². The van der Waals surface area contributed by atoms with Gasteiger partial charge in [0.2, 0.25) is 0 Å².